The maximum Gasteiger partial charge on any atom is 0.250 e. The van der Waals surface area contributed by atoms with Gasteiger partial charge in [0, 0.05) is 10.5 Å². The zero-order chi connectivity index (χ0) is 16.9. The van der Waals surface area contributed by atoms with Crippen LogP contribution in [-0.2, 0) is 4.79 Å². The van der Waals surface area contributed by atoms with Gasteiger partial charge in [0.05, 0.1) is 16.8 Å². The highest BCUT2D eigenvalue weighted by molar-refractivity contribution is 9.10. The van der Waals surface area contributed by atoms with E-state index in [0.717, 1.165) is 26.0 Å². The molecule has 3 aromatic rings. The molecule has 1 amide bonds. The molecule has 0 bridgehead atoms. The fourth-order valence-electron chi connectivity index (χ4n) is 2.11. The van der Waals surface area contributed by atoms with E-state index in [1.54, 1.807) is 6.08 Å². The third-order valence-corrected chi connectivity index (χ3v) is 4.66. The summed E-state index contributed by atoms with van der Waals surface area (Å²) in [6.45, 7) is 2.56. The van der Waals surface area contributed by atoms with Crippen LogP contribution in [0.2, 0.25) is 0 Å². The Morgan fingerprint density at radius 3 is 2.83 bits per heavy atom. The van der Waals surface area contributed by atoms with Crippen LogP contribution in [0, 0.1) is 0 Å². The molecular formula is C18H15BrN2O2S. The summed E-state index contributed by atoms with van der Waals surface area (Å²) in [5, 5.41) is 3.37. The fraction of sp³-hybridized carbons (Fsp3) is 0.111. The van der Waals surface area contributed by atoms with Crippen LogP contribution in [0.4, 0.5) is 5.13 Å². The molecule has 122 valence electrons. The summed E-state index contributed by atoms with van der Waals surface area (Å²) in [5.74, 6) is 0.601. The number of anilines is 1. The van der Waals surface area contributed by atoms with Crippen molar-refractivity contribution in [2.45, 2.75) is 6.92 Å². The Hall–Kier alpha value is -2.18. The van der Waals surface area contributed by atoms with Crippen molar-refractivity contribution < 1.29 is 9.53 Å². The minimum atomic E-state index is -0.206. The standard InChI is InChI=1S/C18H15BrN2O2S/c1-2-23-14-8-9-15-16(11-14)24-18(20-15)21-17(22)10-5-12-3-6-13(19)7-4-12/h3-11H,2H2,1H3,(H,20,21,22)/b10-5+. The van der Waals surface area contributed by atoms with Crippen molar-refractivity contribution in [3.8, 4) is 5.75 Å². The Labute approximate surface area is 152 Å². The van der Waals surface area contributed by atoms with Crippen LogP contribution >= 0.6 is 27.3 Å². The lowest BCUT2D eigenvalue weighted by Crippen LogP contribution is -2.07. The molecule has 0 atom stereocenters. The number of rotatable bonds is 5. The Balaban J connectivity index is 1.69. The molecule has 0 aliphatic rings. The predicted octanol–water partition coefficient (Wildman–Crippen LogP) is 5.11. The van der Waals surface area contributed by atoms with Crippen LogP contribution in [0.1, 0.15) is 12.5 Å². The number of amides is 1. The van der Waals surface area contributed by atoms with E-state index >= 15 is 0 Å². The Morgan fingerprint density at radius 2 is 2.08 bits per heavy atom. The van der Waals surface area contributed by atoms with E-state index in [1.807, 2.05) is 49.4 Å². The van der Waals surface area contributed by atoms with E-state index in [0.29, 0.717) is 11.7 Å². The van der Waals surface area contributed by atoms with Gasteiger partial charge in [-0.3, -0.25) is 10.1 Å². The molecule has 0 radical (unpaired) electrons. The average Bonchev–Trinajstić information content (AvgIpc) is 2.96. The molecule has 0 unspecified atom stereocenters. The quantitative estimate of drug-likeness (QED) is 0.603. The first-order valence-corrected chi connectivity index (χ1v) is 9.03. The molecule has 1 heterocycles. The molecule has 24 heavy (non-hydrogen) atoms. The number of nitrogens with one attached hydrogen (secondary N) is 1. The Morgan fingerprint density at radius 1 is 1.29 bits per heavy atom. The largest absolute Gasteiger partial charge is 0.494 e. The van der Waals surface area contributed by atoms with Gasteiger partial charge in [-0.05, 0) is 48.9 Å². The van der Waals surface area contributed by atoms with Gasteiger partial charge in [0.2, 0.25) is 5.91 Å². The average molecular weight is 403 g/mol. The van der Waals surface area contributed by atoms with Crippen molar-refractivity contribution in [3.05, 3.63) is 58.6 Å². The molecule has 3 rings (SSSR count). The lowest BCUT2D eigenvalue weighted by atomic mass is 10.2. The second-order valence-corrected chi connectivity index (χ2v) is 6.90. The van der Waals surface area contributed by atoms with Gasteiger partial charge in [-0.2, -0.15) is 0 Å². The minimum Gasteiger partial charge on any atom is -0.494 e. The van der Waals surface area contributed by atoms with Crippen LogP contribution in [-0.4, -0.2) is 17.5 Å². The van der Waals surface area contributed by atoms with Crippen molar-refractivity contribution in [3.63, 3.8) is 0 Å². The summed E-state index contributed by atoms with van der Waals surface area (Å²) in [6, 6.07) is 13.4. The number of hydrogen-bond donors (Lipinski definition) is 1. The molecule has 0 spiro atoms. The molecular weight excluding hydrogens is 388 g/mol. The Bertz CT molecular complexity index is 888. The first kappa shape index (κ1) is 16.7. The smallest absolute Gasteiger partial charge is 0.250 e. The molecule has 0 saturated carbocycles. The minimum absolute atomic E-state index is 0.206. The van der Waals surface area contributed by atoms with E-state index in [2.05, 4.69) is 26.2 Å². The lowest BCUT2D eigenvalue weighted by molar-refractivity contribution is -0.111. The zero-order valence-electron chi connectivity index (χ0n) is 13.0. The third-order valence-electron chi connectivity index (χ3n) is 3.20. The number of fused-ring (bicyclic) bond motifs is 1. The number of hydrogen-bond acceptors (Lipinski definition) is 4. The number of nitrogens with zero attached hydrogens (tertiary/aromatic N) is 1. The molecule has 0 aliphatic carbocycles. The molecule has 6 heteroatoms. The summed E-state index contributed by atoms with van der Waals surface area (Å²) in [6.07, 6.45) is 3.27. The van der Waals surface area contributed by atoms with E-state index in [4.69, 9.17) is 4.74 Å². The van der Waals surface area contributed by atoms with Crippen molar-refractivity contribution in [2.75, 3.05) is 11.9 Å². The van der Waals surface area contributed by atoms with Crippen molar-refractivity contribution in [1.29, 1.82) is 0 Å². The number of carbonyl (C=O) groups excluding carboxylic acids is 1. The number of halogens is 1. The van der Waals surface area contributed by atoms with Gasteiger partial charge >= 0.3 is 0 Å². The number of aromatic nitrogens is 1. The van der Waals surface area contributed by atoms with Gasteiger partial charge in [-0.15, -0.1) is 0 Å². The van der Waals surface area contributed by atoms with Crippen LogP contribution in [0.5, 0.6) is 5.75 Å². The summed E-state index contributed by atoms with van der Waals surface area (Å²) < 4.78 is 7.46. The van der Waals surface area contributed by atoms with Crippen LogP contribution in [0.3, 0.4) is 0 Å². The van der Waals surface area contributed by atoms with Crippen molar-refractivity contribution >= 4 is 54.6 Å². The highest BCUT2D eigenvalue weighted by Crippen LogP contribution is 2.29. The Kier molecular flexibility index (Phi) is 5.27. The second kappa shape index (κ2) is 7.59. The second-order valence-electron chi connectivity index (χ2n) is 4.96. The van der Waals surface area contributed by atoms with Crippen LogP contribution < -0.4 is 10.1 Å². The summed E-state index contributed by atoms with van der Waals surface area (Å²) in [7, 11) is 0. The first-order valence-electron chi connectivity index (χ1n) is 7.42. The topological polar surface area (TPSA) is 51.2 Å². The molecule has 4 nitrogen and oxygen atoms in total. The maximum atomic E-state index is 12.0. The highest BCUT2D eigenvalue weighted by Gasteiger charge is 2.07. The summed E-state index contributed by atoms with van der Waals surface area (Å²) in [4.78, 5) is 16.4. The van der Waals surface area contributed by atoms with Gasteiger partial charge in [0.25, 0.3) is 0 Å². The maximum absolute atomic E-state index is 12.0. The summed E-state index contributed by atoms with van der Waals surface area (Å²) in [5.41, 5.74) is 1.80. The SMILES string of the molecule is CCOc1ccc2nc(NC(=O)/C=C/c3ccc(Br)cc3)sc2c1. The van der Waals surface area contributed by atoms with E-state index in [9.17, 15) is 4.79 Å². The number of carbonyl (C=O) groups is 1. The predicted molar refractivity (Wildman–Crippen MR) is 103 cm³/mol. The van der Waals surface area contributed by atoms with Gasteiger partial charge in [-0.1, -0.05) is 39.4 Å². The number of benzene rings is 2. The molecule has 1 N–H and O–H groups in total. The fourth-order valence-corrected chi connectivity index (χ4v) is 3.27. The van der Waals surface area contributed by atoms with E-state index < -0.39 is 0 Å². The van der Waals surface area contributed by atoms with Gasteiger partial charge in [-0.25, -0.2) is 4.98 Å². The highest BCUT2D eigenvalue weighted by atomic mass is 79.9. The number of thiazole rings is 1. The van der Waals surface area contributed by atoms with Gasteiger partial charge < -0.3 is 4.74 Å². The van der Waals surface area contributed by atoms with E-state index in [1.165, 1.54) is 17.4 Å². The molecule has 0 saturated heterocycles. The molecule has 0 fully saturated rings. The first-order chi connectivity index (χ1) is 11.6. The zero-order valence-corrected chi connectivity index (χ0v) is 15.4. The van der Waals surface area contributed by atoms with Crippen LogP contribution in [0.25, 0.3) is 16.3 Å². The normalized spacial score (nSPS) is 11.1. The van der Waals surface area contributed by atoms with Crippen molar-refractivity contribution in [2.24, 2.45) is 0 Å². The summed E-state index contributed by atoms with van der Waals surface area (Å²) >= 11 is 4.81. The van der Waals surface area contributed by atoms with Gasteiger partial charge in [0.1, 0.15) is 5.75 Å². The van der Waals surface area contributed by atoms with Crippen LogP contribution in [0.15, 0.2) is 53.0 Å². The molecule has 0 aliphatic heterocycles. The third kappa shape index (κ3) is 4.21. The monoisotopic (exact) mass is 402 g/mol. The lowest BCUT2D eigenvalue weighted by Gasteiger charge is -2.00. The molecule has 2 aromatic carbocycles. The van der Waals surface area contributed by atoms with Gasteiger partial charge in [0.15, 0.2) is 5.13 Å². The van der Waals surface area contributed by atoms with E-state index in [-0.39, 0.29) is 5.91 Å². The molecule has 1 aromatic heterocycles. The van der Waals surface area contributed by atoms with Crippen molar-refractivity contribution in [1.82, 2.24) is 4.98 Å². The number of ether oxygens (including phenoxy) is 1.